The largest absolute Gasteiger partial charge is 0.507 e. The van der Waals surface area contributed by atoms with Crippen molar-refractivity contribution < 1.29 is 9.84 Å². The van der Waals surface area contributed by atoms with Crippen molar-refractivity contribution in [3.05, 3.63) is 82.8 Å². The molecule has 7 heteroatoms. The summed E-state index contributed by atoms with van der Waals surface area (Å²) >= 11 is 3.34. The fourth-order valence-corrected chi connectivity index (χ4v) is 3.18. The lowest BCUT2D eigenvalue weighted by Crippen LogP contribution is -1.97. The highest BCUT2D eigenvalue weighted by molar-refractivity contribution is 9.10. The zero-order valence-electron chi connectivity index (χ0n) is 15.5. The second-order valence-electron chi connectivity index (χ2n) is 6.20. The van der Waals surface area contributed by atoms with E-state index in [1.54, 1.807) is 30.1 Å². The van der Waals surface area contributed by atoms with Gasteiger partial charge in [-0.25, -0.2) is 4.99 Å². The average Bonchev–Trinajstić information content (AvgIpc) is 3.18. The summed E-state index contributed by atoms with van der Waals surface area (Å²) in [6.45, 7) is 0. The number of rotatable bonds is 5. The van der Waals surface area contributed by atoms with Crippen LogP contribution < -0.4 is 4.74 Å². The zero-order valence-corrected chi connectivity index (χ0v) is 17.1. The van der Waals surface area contributed by atoms with E-state index in [-0.39, 0.29) is 5.75 Å². The summed E-state index contributed by atoms with van der Waals surface area (Å²) in [5.41, 5.74) is 2.94. The first kappa shape index (κ1) is 18.9. The third-order valence-electron chi connectivity index (χ3n) is 4.33. The number of hydrogen-bond acceptors (Lipinski definition) is 5. The van der Waals surface area contributed by atoms with Gasteiger partial charge in [0.25, 0.3) is 0 Å². The Morgan fingerprint density at radius 2 is 1.79 bits per heavy atom. The molecule has 0 saturated heterocycles. The van der Waals surface area contributed by atoms with Crippen molar-refractivity contribution in [2.75, 3.05) is 7.11 Å². The minimum Gasteiger partial charge on any atom is -0.507 e. The van der Waals surface area contributed by atoms with Gasteiger partial charge in [0.2, 0.25) is 0 Å². The van der Waals surface area contributed by atoms with E-state index in [0.29, 0.717) is 17.1 Å². The predicted molar refractivity (Wildman–Crippen MR) is 116 cm³/mol. The van der Waals surface area contributed by atoms with Crippen LogP contribution in [0.15, 0.2) is 82.3 Å². The molecule has 29 heavy (non-hydrogen) atoms. The molecule has 4 rings (SSSR count). The van der Waals surface area contributed by atoms with Crippen LogP contribution in [0.25, 0.3) is 16.9 Å². The van der Waals surface area contributed by atoms with Gasteiger partial charge in [0, 0.05) is 21.8 Å². The summed E-state index contributed by atoms with van der Waals surface area (Å²) in [5.74, 6) is 1.44. The van der Waals surface area contributed by atoms with Crippen LogP contribution in [0.1, 0.15) is 5.56 Å². The molecule has 1 aromatic heterocycles. The number of phenolic OH excluding ortho intramolecular Hbond substituents is 1. The van der Waals surface area contributed by atoms with Crippen LogP contribution in [0.5, 0.6) is 11.5 Å². The van der Waals surface area contributed by atoms with Crippen molar-refractivity contribution in [2.24, 2.45) is 4.99 Å². The number of ether oxygens (including phenoxy) is 1. The maximum atomic E-state index is 10.2. The van der Waals surface area contributed by atoms with E-state index >= 15 is 0 Å². The summed E-state index contributed by atoms with van der Waals surface area (Å²) in [5, 5.41) is 18.8. The third kappa shape index (κ3) is 4.05. The Kier molecular flexibility index (Phi) is 5.39. The third-order valence-corrected chi connectivity index (χ3v) is 4.82. The van der Waals surface area contributed by atoms with Gasteiger partial charge in [-0.2, -0.15) is 4.68 Å². The van der Waals surface area contributed by atoms with Gasteiger partial charge in [-0.1, -0.05) is 51.5 Å². The second kappa shape index (κ2) is 8.28. The number of aromatic hydroxyl groups is 1. The molecule has 6 nitrogen and oxygen atoms in total. The van der Waals surface area contributed by atoms with Crippen molar-refractivity contribution in [3.8, 4) is 28.4 Å². The van der Waals surface area contributed by atoms with Gasteiger partial charge in [-0.15, -0.1) is 5.10 Å². The molecule has 0 aliphatic rings. The summed E-state index contributed by atoms with van der Waals surface area (Å²) in [7, 11) is 1.62. The Balaban J connectivity index is 1.82. The molecular weight excluding hydrogens is 432 g/mol. The van der Waals surface area contributed by atoms with Crippen molar-refractivity contribution in [1.29, 1.82) is 0 Å². The molecule has 0 aliphatic heterocycles. The Hall–Kier alpha value is -3.45. The molecule has 3 aromatic carbocycles. The van der Waals surface area contributed by atoms with E-state index in [1.807, 2.05) is 60.7 Å². The van der Waals surface area contributed by atoms with Gasteiger partial charge in [-0.3, -0.25) is 0 Å². The quantitative estimate of drug-likeness (QED) is 0.427. The number of aromatic nitrogens is 3. The van der Waals surface area contributed by atoms with E-state index in [0.717, 1.165) is 21.5 Å². The minimum absolute atomic E-state index is 0.132. The first-order valence-corrected chi connectivity index (χ1v) is 9.63. The number of aliphatic imine (C=N–C) groups is 1. The van der Waals surface area contributed by atoms with E-state index in [1.165, 1.54) is 0 Å². The highest BCUT2D eigenvalue weighted by Crippen LogP contribution is 2.31. The van der Waals surface area contributed by atoms with Crippen LogP contribution in [0.3, 0.4) is 0 Å². The van der Waals surface area contributed by atoms with Crippen LogP contribution in [-0.4, -0.2) is 33.4 Å². The van der Waals surface area contributed by atoms with Crippen LogP contribution in [0.4, 0.5) is 5.82 Å². The minimum atomic E-state index is 0.132. The normalized spacial score (nSPS) is 11.1. The lowest BCUT2D eigenvalue weighted by molar-refractivity contribution is 0.414. The molecule has 0 spiro atoms. The summed E-state index contributed by atoms with van der Waals surface area (Å²) in [6, 6.07) is 22.5. The van der Waals surface area contributed by atoms with Gasteiger partial charge in [-0.05, 0) is 42.5 Å². The molecule has 0 amide bonds. The molecule has 0 atom stereocenters. The van der Waals surface area contributed by atoms with Crippen LogP contribution >= 0.6 is 15.9 Å². The first-order valence-electron chi connectivity index (χ1n) is 8.84. The predicted octanol–water partition coefficient (Wildman–Crippen LogP) is 5.16. The molecule has 0 radical (unpaired) electrons. The zero-order chi connectivity index (χ0) is 20.2. The first-order chi connectivity index (χ1) is 14.2. The smallest absolute Gasteiger partial charge is 0.184 e. The van der Waals surface area contributed by atoms with Crippen LogP contribution in [0, 0.1) is 0 Å². The van der Waals surface area contributed by atoms with Gasteiger partial charge < -0.3 is 9.84 Å². The molecule has 0 aliphatic carbocycles. The highest BCUT2D eigenvalue weighted by Gasteiger charge is 2.15. The van der Waals surface area contributed by atoms with Gasteiger partial charge in [0.05, 0.1) is 12.8 Å². The van der Waals surface area contributed by atoms with Crippen LogP contribution in [0.2, 0.25) is 0 Å². The number of nitrogens with zero attached hydrogens (tertiary/aromatic N) is 4. The number of benzene rings is 3. The maximum absolute atomic E-state index is 10.2. The maximum Gasteiger partial charge on any atom is 0.184 e. The number of halogens is 1. The molecule has 0 unspecified atom stereocenters. The van der Waals surface area contributed by atoms with E-state index < -0.39 is 0 Å². The molecule has 0 bridgehead atoms. The standard InChI is InChI=1S/C22H17BrN4O2/c1-29-19-11-9-18(10-12-19)27-22(21(25-26-27)15-5-3-2-4-6-15)24-14-16-7-8-17(23)13-20(16)28/h2-14,28H,1H3/b24-14+. The van der Waals surface area contributed by atoms with E-state index in [2.05, 4.69) is 31.2 Å². The topological polar surface area (TPSA) is 72.5 Å². The van der Waals surface area contributed by atoms with E-state index in [9.17, 15) is 5.11 Å². The lowest BCUT2D eigenvalue weighted by Gasteiger charge is -2.06. The van der Waals surface area contributed by atoms with Crippen molar-refractivity contribution >= 4 is 28.0 Å². The Morgan fingerprint density at radius 3 is 2.48 bits per heavy atom. The fourth-order valence-electron chi connectivity index (χ4n) is 2.83. The summed E-state index contributed by atoms with van der Waals surface area (Å²) in [4.78, 5) is 4.63. The average molecular weight is 449 g/mol. The molecular formula is C22H17BrN4O2. The summed E-state index contributed by atoms with van der Waals surface area (Å²) < 4.78 is 7.69. The SMILES string of the molecule is COc1ccc(-n2nnc(-c3ccccc3)c2/N=C/c2ccc(Br)cc2O)cc1. The molecule has 1 heterocycles. The summed E-state index contributed by atoms with van der Waals surface area (Å²) in [6.07, 6.45) is 1.60. The molecule has 4 aromatic rings. The number of hydrogen-bond donors (Lipinski definition) is 1. The van der Waals surface area contributed by atoms with Gasteiger partial charge in [0.15, 0.2) is 5.82 Å². The molecule has 144 valence electrons. The molecule has 0 fully saturated rings. The highest BCUT2D eigenvalue weighted by atomic mass is 79.9. The molecule has 0 saturated carbocycles. The second-order valence-corrected chi connectivity index (χ2v) is 7.11. The van der Waals surface area contributed by atoms with Gasteiger partial charge >= 0.3 is 0 Å². The lowest BCUT2D eigenvalue weighted by atomic mass is 10.1. The van der Waals surface area contributed by atoms with E-state index in [4.69, 9.17) is 4.74 Å². The molecule has 1 N–H and O–H groups in total. The Bertz CT molecular complexity index is 1160. The number of phenols is 1. The fraction of sp³-hybridized carbons (Fsp3) is 0.0455. The Morgan fingerprint density at radius 1 is 1.03 bits per heavy atom. The van der Waals surface area contributed by atoms with Crippen molar-refractivity contribution in [2.45, 2.75) is 0 Å². The van der Waals surface area contributed by atoms with Gasteiger partial charge in [0.1, 0.15) is 17.2 Å². The number of methoxy groups -OCH3 is 1. The van der Waals surface area contributed by atoms with Crippen molar-refractivity contribution in [3.63, 3.8) is 0 Å². The monoisotopic (exact) mass is 448 g/mol. The Labute approximate surface area is 176 Å². The van der Waals surface area contributed by atoms with Crippen LogP contribution in [-0.2, 0) is 0 Å². The van der Waals surface area contributed by atoms with Crippen molar-refractivity contribution in [1.82, 2.24) is 15.0 Å².